The van der Waals surface area contributed by atoms with Crippen LogP contribution in [0.5, 0.6) is 28.7 Å². The number of ether oxygens (including phenoxy) is 6. The molecule has 1 heterocycles. The van der Waals surface area contributed by atoms with Gasteiger partial charge in [-0.1, -0.05) is 72.8 Å². The van der Waals surface area contributed by atoms with Crippen molar-refractivity contribution in [2.24, 2.45) is 0 Å². The molecular formula is C35H52O6. The Bertz CT molecular complexity index is 1060. The molecule has 0 saturated carbocycles. The molecule has 1 unspecified atom stereocenters. The van der Waals surface area contributed by atoms with Gasteiger partial charge in [-0.2, -0.15) is 0 Å². The van der Waals surface area contributed by atoms with Gasteiger partial charge < -0.3 is 28.4 Å². The second kappa shape index (κ2) is 18.4. The zero-order valence-electron chi connectivity index (χ0n) is 26.1. The van der Waals surface area contributed by atoms with Gasteiger partial charge in [0.05, 0.1) is 38.6 Å². The van der Waals surface area contributed by atoms with E-state index in [0.29, 0.717) is 33.0 Å². The molecule has 0 saturated heterocycles. The molecule has 0 amide bonds. The molecule has 1 aliphatic heterocycles. The van der Waals surface area contributed by atoms with Gasteiger partial charge in [-0.15, -0.1) is 0 Å². The molecule has 0 aromatic heterocycles. The minimum Gasteiger partial charge on any atom is -0.494 e. The van der Waals surface area contributed by atoms with Crippen LogP contribution in [0.25, 0.3) is 6.08 Å². The number of hydrogen-bond acceptors (Lipinski definition) is 6. The molecule has 6 nitrogen and oxygen atoms in total. The summed E-state index contributed by atoms with van der Waals surface area (Å²) in [5, 5.41) is 0. The lowest BCUT2D eigenvalue weighted by molar-refractivity contribution is 0.113. The smallest absolute Gasteiger partial charge is 0.181 e. The molecule has 2 aromatic rings. The third kappa shape index (κ3) is 10.1. The zero-order chi connectivity index (χ0) is 29.3. The molecule has 1 atom stereocenters. The molecule has 3 rings (SSSR count). The maximum absolute atomic E-state index is 6.72. The highest BCUT2D eigenvalue weighted by atomic mass is 16.5. The topological polar surface area (TPSA) is 55.4 Å². The zero-order valence-corrected chi connectivity index (χ0v) is 26.1. The van der Waals surface area contributed by atoms with E-state index < -0.39 is 6.10 Å². The number of unbranched alkanes of at least 4 members (excludes halogenated alkanes) is 5. The van der Waals surface area contributed by atoms with E-state index in [0.717, 1.165) is 110 Å². The molecule has 0 aliphatic carbocycles. The van der Waals surface area contributed by atoms with Crippen LogP contribution >= 0.6 is 0 Å². The maximum Gasteiger partial charge on any atom is 0.181 e. The van der Waals surface area contributed by atoms with Crippen molar-refractivity contribution in [2.75, 3.05) is 33.0 Å². The largest absolute Gasteiger partial charge is 0.494 e. The van der Waals surface area contributed by atoms with Crippen LogP contribution in [0.4, 0.5) is 0 Å². The van der Waals surface area contributed by atoms with E-state index in [4.69, 9.17) is 28.4 Å². The number of hydrogen-bond donors (Lipinski definition) is 0. The molecule has 0 radical (unpaired) electrons. The minimum atomic E-state index is -0.424. The van der Waals surface area contributed by atoms with E-state index >= 15 is 0 Å². The summed E-state index contributed by atoms with van der Waals surface area (Å²) in [7, 11) is 0. The highest BCUT2D eigenvalue weighted by Crippen LogP contribution is 2.45. The summed E-state index contributed by atoms with van der Waals surface area (Å²) in [6.07, 6.45) is 11.9. The molecule has 0 N–H and O–H groups in total. The normalized spacial score (nSPS) is 14.1. The van der Waals surface area contributed by atoms with Crippen molar-refractivity contribution < 1.29 is 28.4 Å². The van der Waals surface area contributed by atoms with Crippen LogP contribution in [0.3, 0.4) is 0 Å². The first-order valence-corrected chi connectivity index (χ1v) is 16.0. The average molecular weight is 569 g/mol. The van der Waals surface area contributed by atoms with Crippen molar-refractivity contribution in [1.82, 2.24) is 0 Å². The lowest BCUT2D eigenvalue weighted by Gasteiger charge is -2.29. The standard InChI is InChI=1S/C35H52O6/c1-6-11-18-36-28-24-31(38-20-13-8-3)29-26-34(40-22-15-10-5)35(41-32(29)25-28)27-16-17-30(37-19-12-7-2)33(23-27)39-21-14-9-4/h16-17,23-26,35H,6-15,18-22H2,1-5H3. The summed E-state index contributed by atoms with van der Waals surface area (Å²) in [6, 6.07) is 10.1. The number of rotatable bonds is 21. The van der Waals surface area contributed by atoms with Crippen LogP contribution in [0.2, 0.25) is 0 Å². The van der Waals surface area contributed by atoms with Gasteiger partial charge in [0.15, 0.2) is 17.6 Å². The van der Waals surface area contributed by atoms with Crippen molar-refractivity contribution in [2.45, 2.75) is 105 Å². The maximum atomic E-state index is 6.72. The van der Waals surface area contributed by atoms with Gasteiger partial charge in [0.1, 0.15) is 23.0 Å². The van der Waals surface area contributed by atoms with Gasteiger partial charge in [0.25, 0.3) is 0 Å². The Labute approximate surface area is 248 Å². The molecule has 228 valence electrons. The number of benzene rings is 2. The highest BCUT2D eigenvalue weighted by Gasteiger charge is 2.30. The Hall–Kier alpha value is -3.02. The van der Waals surface area contributed by atoms with Gasteiger partial charge >= 0.3 is 0 Å². The van der Waals surface area contributed by atoms with Crippen LogP contribution in [0, 0.1) is 0 Å². The van der Waals surface area contributed by atoms with Gasteiger partial charge in [-0.3, -0.25) is 0 Å². The Morgan fingerprint density at radius 3 is 1.71 bits per heavy atom. The molecule has 0 fully saturated rings. The predicted molar refractivity (Wildman–Crippen MR) is 167 cm³/mol. The Balaban J connectivity index is 1.99. The molecule has 1 aliphatic rings. The first kappa shape index (κ1) is 32.5. The van der Waals surface area contributed by atoms with Crippen LogP contribution < -0.4 is 23.7 Å². The van der Waals surface area contributed by atoms with E-state index in [1.807, 2.05) is 24.3 Å². The van der Waals surface area contributed by atoms with E-state index in [1.54, 1.807) is 0 Å². The van der Waals surface area contributed by atoms with E-state index in [-0.39, 0.29) is 0 Å². The fourth-order valence-corrected chi connectivity index (χ4v) is 4.34. The molecule has 6 heteroatoms. The van der Waals surface area contributed by atoms with Crippen LogP contribution in [-0.4, -0.2) is 33.0 Å². The number of fused-ring (bicyclic) bond motifs is 1. The summed E-state index contributed by atoms with van der Waals surface area (Å²) >= 11 is 0. The average Bonchev–Trinajstić information content (AvgIpc) is 2.98. The SMILES string of the molecule is CCCCOC1=Cc2c(OCCCC)cc(OCCCC)cc2OC1c1ccc(OCCCC)c(OCCCC)c1. The second-order valence-electron chi connectivity index (χ2n) is 10.6. The van der Waals surface area contributed by atoms with Gasteiger partial charge in [0.2, 0.25) is 0 Å². The highest BCUT2D eigenvalue weighted by molar-refractivity contribution is 5.70. The fraction of sp³-hybridized carbons (Fsp3) is 0.600. The minimum absolute atomic E-state index is 0.424. The third-order valence-electron chi connectivity index (χ3n) is 6.94. The van der Waals surface area contributed by atoms with E-state index in [9.17, 15) is 0 Å². The van der Waals surface area contributed by atoms with Crippen LogP contribution in [-0.2, 0) is 4.74 Å². The van der Waals surface area contributed by atoms with Gasteiger partial charge in [-0.25, -0.2) is 0 Å². The molecular weight excluding hydrogens is 516 g/mol. The fourth-order valence-electron chi connectivity index (χ4n) is 4.34. The first-order chi connectivity index (χ1) is 20.1. The summed E-state index contributed by atoms with van der Waals surface area (Å²) < 4.78 is 37.7. The third-order valence-corrected chi connectivity index (χ3v) is 6.94. The van der Waals surface area contributed by atoms with Crippen molar-refractivity contribution in [3.05, 3.63) is 47.2 Å². The Morgan fingerprint density at radius 1 is 0.561 bits per heavy atom. The van der Waals surface area contributed by atoms with Crippen LogP contribution in [0.1, 0.15) is 116 Å². The van der Waals surface area contributed by atoms with Crippen LogP contribution in [0.15, 0.2) is 36.1 Å². The van der Waals surface area contributed by atoms with Crippen molar-refractivity contribution in [3.8, 4) is 28.7 Å². The van der Waals surface area contributed by atoms with Crippen molar-refractivity contribution in [1.29, 1.82) is 0 Å². The Morgan fingerprint density at radius 2 is 1.10 bits per heavy atom. The molecule has 41 heavy (non-hydrogen) atoms. The first-order valence-electron chi connectivity index (χ1n) is 16.0. The lowest BCUT2D eigenvalue weighted by Crippen LogP contribution is -2.18. The van der Waals surface area contributed by atoms with Gasteiger partial charge in [-0.05, 0) is 50.3 Å². The summed E-state index contributed by atoms with van der Waals surface area (Å²) in [4.78, 5) is 0. The molecule has 0 bridgehead atoms. The van der Waals surface area contributed by atoms with E-state index in [1.165, 1.54) is 0 Å². The quantitative estimate of drug-likeness (QED) is 0.140. The van der Waals surface area contributed by atoms with Crippen molar-refractivity contribution >= 4 is 6.08 Å². The Kier molecular flexibility index (Phi) is 14.6. The molecule has 0 spiro atoms. The van der Waals surface area contributed by atoms with Gasteiger partial charge in [0, 0.05) is 17.7 Å². The second-order valence-corrected chi connectivity index (χ2v) is 10.6. The molecule has 2 aromatic carbocycles. The summed E-state index contributed by atoms with van der Waals surface area (Å²) in [5.41, 5.74) is 1.85. The summed E-state index contributed by atoms with van der Waals surface area (Å²) in [6.45, 7) is 14.1. The van der Waals surface area contributed by atoms with Crippen molar-refractivity contribution in [3.63, 3.8) is 0 Å². The van der Waals surface area contributed by atoms with E-state index in [2.05, 4.69) is 46.8 Å². The monoisotopic (exact) mass is 568 g/mol. The lowest BCUT2D eigenvalue weighted by atomic mass is 10.0. The summed E-state index contributed by atoms with van der Waals surface area (Å²) in [5.74, 6) is 4.54. The predicted octanol–water partition coefficient (Wildman–Crippen LogP) is 9.69.